The van der Waals surface area contributed by atoms with Crippen LogP contribution in [0, 0.1) is 0 Å². The first-order valence-corrected chi connectivity index (χ1v) is 7.85. The highest BCUT2D eigenvalue weighted by Gasteiger charge is 2.19. The van der Waals surface area contributed by atoms with Crippen molar-refractivity contribution in [1.29, 1.82) is 0 Å². The Morgan fingerprint density at radius 3 is 2.24 bits per heavy atom. The first-order chi connectivity index (χ1) is 9.81. The number of aromatic carboxylic acids is 1. The number of carboxylic acids is 1. The number of carbonyl (C=O) groups is 1. The van der Waals surface area contributed by atoms with Crippen LogP contribution in [0.5, 0.6) is 0 Å². The molecule has 0 bridgehead atoms. The van der Waals surface area contributed by atoms with Crippen molar-refractivity contribution < 1.29 is 18.3 Å². The Bertz CT molecular complexity index is 788. The SMILES string of the molecule is O=C(O)c1ccc(NS(=O)(=O)c2cccc(Cl)c2Cl)cc1. The van der Waals surface area contributed by atoms with Gasteiger partial charge in [0.25, 0.3) is 10.0 Å². The van der Waals surface area contributed by atoms with Gasteiger partial charge in [0.15, 0.2) is 0 Å². The third-order valence-electron chi connectivity index (χ3n) is 2.59. The van der Waals surface area contributed by atoms with Crippen molar-refractivity contribution in [2.75, 3.05) is 4.72 Å². The number of sulfonamides is 1. The predicted octanol–water partition coefficient (Wildman–Crippen LogP) is 3.49. The molecule has 5 nitrogen and oxygen atoms in total. The topological polar surface area (TPSA) is 83.5 Å². The van der Waals surface area contributed by atoms with Gasteiger partial charge in [-0.25, -0.2) is 13.2 Å². The maximum atomic E-state index is 12.2. The van der Waals surface area contributed by atoms with E-state index in [0.29, 0.717) is 0 Å². The summed E-state index contributed by atoms with van der Waals surface area (Å²) in [6.45, 7) is 0. The Morgan fingerprint density at radius 2 is 1.67 bits per heavy atom. The van der Waals surface area contributed by atoms with E-state index in [4.69, 9.17) is 28.3 Å². The van der Waals surface area contributed by atoms with Crippen LogP contribution in [-0.2, 0) is 10.0 Å². The Balaban J connectivity index is 2.33. The van der Waals surface area contributed by atoms with Crippen LogP contribution in [0.1, 0.15) is 10.4 Å². The minimum Gasteiger partial charge on any atom is -0.478 e. The smallest absolute Gasteiger partial charge is 0.335 e. The molecule has 0 spiro atoms. The van der Waals surface area contributed by atoms with Gasteiger partial charge in [0.2, 0.25) is 0 Å². The van der Waals surface area contributed by atoms with E-state index in [1.54, 1.807) is 0 Å². The number of hydrogen-bond donors (Lipinski definition) is 2. The number of rotatable bonds is 4. The molecule has 0 saturated heterocycles. The standard InChI is InChI=1S/C13H9Cl2NO4S/c14-10-2-1-3-11(12(10)15)21(19,20)16-9-6-4-8(5-7-9)13(17)18/h1-7,16H,(H,17,18). The molecule has 8 heteroatoms. The lowest BCUT2D eigenvalue weighted by atomic mass is 10.2. The summed E-state index contributed by atoms with van der Waals surface area (Å²) >= 11 is 11.7. The van der Waals surface area contributed by atoms with E-state index >= 15 is 0 Å². The highest BCUT2D eigenvalue weighted by atomic mass is 35.5. The summed E-state index contributed by atoms with van der Waals surface area (Å²) in [6, 6.07) is 9.54. The molecule has 21 heavy (non-hydrogen) atoms. The van der Waals surface area contributed by atoms with Crippen molar-refractivity contribution in [2.24, 2.45) is 0 Å². The number of nitrogens with one attached hydrogen (secondary N) is 1. The van der Waals surface area contributed by atoms with Crippen molar-refractivity contribution in [2.45, 2.75) is 4.90 Å². The van der Waals surface area contributed by atoms with E-state index in [2.05, 4.69) is 4.72 Å². The van der Waals surface area contributed by atoms with Crippen molar-refractivity contribution in [1.82, 2.24) is 0 Å². The number of benzene rings is 2. The van der Waals surface area contributed by atoms with Crippen LogP contribution in [0.25, 0.3) is 0 Å². The normalized spacial score (nSPS) is 11.1. The lowest BCUT2D eigenvalue weighted by molar-refractivity contribution is 0.0697. The Morgan fingerprint density at radius 1 is 1.05 bits per heavy atom. The van der Waals surface area contributed by atoms with E-state index in [1.807, 2.05) is 0 Å². The molecule has 2 aromatic rings. The molecule has 0 aliphatic carbocycles. The summed E-state index contributed by atoms with van der Waals surface area (Å²) < 4.78 is 26.8. The van der Waals surface area contributed by atoms with E-state index in [-0.39, 0.29) is 26.2 Å². The maximum Gasteiger partial charge on any atom is 0.335 e. The largest absolute Gasteiger partial charge is 0.478 e. The summed E-state index contributed by atoms with van der Waals surface area (Å²) in [4.78, 5) is 10.6. The molecule has 2 N–H and O–H groups in total. The van der Waals surface area contributed by atoms with Crippen LogP contribution in [-0.4, -0.2) is 19.5 Å². The number of hydrogen-bond acceptors (Lipinski definition) is 3. The Kier molecular flexibility index (Phi) is 4.41. The quantitative estimate of drug-likeness (QED) is 0.888. The monoisotopic (exact) mass is 345 g/mol. The van der Waals surface area contributed by atoms with Gasteiger partial charge in [-0.15, -0.1) is 0 Å². The zero-order chi connectivity index (χ0) is 15.6. The Hall–Kier alpha value is -1.76. The van der Waals surface area contributed by atoms with E-state index in [0.717, 1.165) is 0 Å². The zero-order valence-corrected chi connectivity index (χ0v) is 12.7. The van der Waals surface area contributed by atoms with E-state index in [9.17, 15) is 13.2 Å². The third kappa shape index (κ3) is 3.47. The molecule has 0 atom stereocenters. The van der Waals surface area contributed by atoms with Crippen molar-refractivity contribution >= 4 is 44.9 Å². The molecule has 0 fully saturated rings. The number of halogens is 2. The molecule has 0 radical (unpaired) electrons. The average Bonchev–Trinajstić information content (AvgIpc) is 2.41. The van der Waals surface area contributed by atoms with Gasteiger partial charge < -0.3 is 5.11 Å². The second-order valence-corrected chi connectivity index (χ2v) is 6.48. The van der Waals surface area contributed by atoms with Crippen LogP contribution in [0.4, 0.5) is 5.69 Å². The first kappa shape index (κ1) is 15.6. The van der Waals surface area contributed by atoms with Gasteiger partial charge in [-0.1, -0.05) is 29.3 Å². The minimum absolute atomic E-state index is 0.0544. The Labute approximate surface area is 131 Å². The molecule has 110 valence electrons. The van der Waals surface area contributed by atoms with Gasteiger partial charge in [0.1, 0.15) is 4.90 Å². The van der Waals surface area contributed by atoms with Gasteiger partial charge in [0, 0.05) is 5.69 Å². The summed E-state index contributed by atoms with van der Waals surface area (Å²) in [5.41, 5.74) is 0.273. The molecule has 0 unspecified atom stereocenters. The van der Waals surface area contributed by atoms with Crippen LogP contribution in [0.15, 0.2) is 47.4 Å². The second kappa shape index (κ2) is 5.93. The van der Waals surface area contributed by atoms with Gasteiger partial charge >= 0.3 is 5.97 Å². The van der Waals surface area contributed by atoms with Gasteiger partial charge in [-0.3, -0.25) is 4.72 Å². The molecule has 0 aromatic heterocycles. The molecular weight excluding hydrogens is 337 g/mol. The minimum atomic E-state index is -3.91. The van der Waals surface area contributed by atoms with Crippen LogP contribution < -0.4 is 4.72 Å². The first-order valence-electron chi connectivity index (χ1n) is 5.61. The lowest BCUT2D eigenvalue weighted by Gasteiger charge is -2.10. The average molecular weight is 346 g/mol. The lowest BCUT2D eigenvalue weighted by Crippen LogP contribution is -2.13. The molecule has 0 amide bonds. The fourth-order valence-corrected chi connectivity index (χ4v) is 3.40. The van der Waals surface area contributed by atoms with Crippen molar-refractivity contribution in [3.8, 4) is 0 Å². The summed E-state index contributed by atoms with van der Waals surface area (Å²) in [5.74, 6) is -1.10. The van der Waals surface area contributed by atoms with E-state index < -0.39 is 16.0 Å². The summed E-state index contributed by atoms with van der Waals surface area (Å²) in [6.07, 6.45) is 0. The fraction of sp³-hybridized carbons (Fsp3) is 0. The van der Waals surface area contributed by atoms with Crippen LogP contribution in [0.3, 0.4) is 0 Å². The number of carboxylic acid groups (broad SMARTS) is 1. The highest BCUT2D eigenvalue weighted by Crippen LogP contribution is 2.30. The molecular formula is C13H9Cl2NO4S. The predicted molar refractivity (Wildman–Crippen MR) is 80.7 cm³/mol. The number of anilines is 1. The van der Waals surface area contributed by atoms with Gasteiger partial charge in [-0.2, -0.15) is 0 Å². The van der Waals surface area contributed by atoms with Gasteiger partial charge in [0.05, 0.1) is 15.6 Å². The molecule has 0 aliphatic heterocycles. The van der Waals surface area contributed by atoms with E-state index in [1.165, 1.54) is 42.5 Å². The molecule has 2 rings (SSSR count). The van der Waals surface area contributed by atoms with Crippen LogP contribution in [0.2, 0.25) is 10.0 Å². The summed E-state index contributed by atoms with van der Waals surface area (Å²) in [7, 11) is -3.91. The summed E-state index contributed by atoms with van der Waals surface area (Å²) in [5, 5.41) is 8.83. The molecule has 2 aromatic carbocycles. The third-order valence-corrected chi connectivity index (χ3v) is 4.94. The maximum absolute atomic E-state index is 12.2. The molecule has 0 heterocycles. The molecule has 0 aliphatic rings. The van der Waals surface area contributed by atoms with Crippen molar-refractivity contribution in [3.05, 3.63) is 58.1 Å². The van der Waals surface area contributed by atoms with Crippen LogP contribution >= 0.6 is 23.2 Å². The second-order valence-electron chi connectivity index (χ2n) is 4.04. The van der Waals surface area contributed by atoms with Gasteiger partial charge in [-0.05, 0) is 36.4 Å². The molecule has 0 saturated carbocycles. The highest BCUT2D eigenvalue weighted by molar-refractivity contribution is 7.92. The zero-order valence-electron chi connectivity index (χ0n) is 10.4. The van der Waals surface area contributed by atoms with Crippen molar-refractivity contribution in [3.63, 3.8) is 0 Å². The fourth-order valence-electron chi connectivity index (χ4n) is 1.58.